The predicted molar refractivity (Wildman–Crippen MR) is 75.9 cm³/mol. The van der Waals surface area contributed by atoms with Crippen LogP contribution in [0.1, 0.15) is 59.3 Å². The van der Waals surface area contributed by atoms with Gasteiger partial charge in [0.2, 0.25) is 0 Å². The third kappa shape index (κ3) is 4.60. The van der Waals surface area contributed by atoms with Gasteiger partial charge in [0.25, 0.3) is 0 Å². The number of hydrogen-bond donors (Lipinski definition) is 0. The van der Waals surface area contributed by atoms with Crippen LogP contribution in [-0.2, 0) is 0 Å². The molecule has 0 saturated carbocycles. The van der Waals surface area contributed by atoms with E-state index in [4.69, 9.17) is 0 Å². The van der Waals surface area contributed by atoms with Gasteiger partial charge >= 0.3 is 0 Å². The van der Waals surface area contributed by atoms with Crippen LogP contribution in [0, 0.1) is 5.92 Å². The molecule has 2 heteroatoms. The summed E-state index contributed by atoms with van der Waals surface area (Å²) in [4.78, 5) is 0. The Hall–Kier alpha value is 0.700. The van der Waals surface area contributed by atoms with Crippen molar-refractivity contribution in [1.82, 2.24) is 0 Å². The van der Waals surface area contributed by atoms with Gasteiger partial charge in [0.15, 0.2) is 0 Å². The summed E-state index contributed by atoms with van der Waals surface area (Å²) in [6, 6.07) is 0. The highest BCUT2D eigenvalue weighted by molar-refractivity contribution is 8.18. The van der Waals surface area contributed by atoms with Crippen LogP contribution in [-0.4, -0.2) is 15.6 Å². The summed E-state index contributed by atoms with van der Waals surface area (Å²) in [6.07, 6.45) is 8.49. The van der Waals surface area contributed by atoms with Crippen LogP contribution in [0.5, 0.6) is 0 Å². The molecule has 0 radical (unpaired) electrons. The van der Waals surface area contributed by atoms with Gasteiger partial charge in [-0.05, 0) is 37.2 Å². The van der Waals surface area contributed by atoms with E-state index >= 15 is 0 Å². The van der Waals surface area contributed by atoms with E-state index in [0.717, 1.165) is 5.92 Å². The normalized spacial score (nSPS) is 22.6. The van der Waals surface area contributed by atoms with Gasteiger partial charge in [0.05, 0.1) is 4.08 Å². The van der Waals surface area contributed by atoms with Gasteiger partial charge in [-0.15, -0.1) is 23.5 Å². The molecule has 0 bridgehead atoms. The van der Waals surface area contributed by atoms with Crippen molar-refractivity contribution in [2.24, 2.45) is 5.92 Å². The molecule has 1 saturated heterocycles. The maximum atomic E-state index is 2.46. The minimum atomic E-state index is 0.518. The van der Waals surface area contributed by atoms with Crippen molar-refractivity contribution in [3.8, 4) is 0 Å². The quantitative estimate of drug-likeness (QED) is 0.592. The SMILES string of the molecule is CCCCCC[C@H](C)C1(C)SCCCS1. The Morgan fingerprint density at radius 1 is 1.13 bits per heavy atom. The molecule has 0 nitrogen and oxygen atoms in total. The monoisotopic (exact) mass is 246 g/mol. The maximum Gasteiger partial charge on any atom is 0.0608 e. The summed E-state index contributed by atoms with van der Waals surface area (Å²) < 4.78 is 0.518. The third-order valence-corrected chi connectivity index (χ3v) is 7.10. The molecule has 0 unspecified atom stereocenters. The highest BCUT2D eigenvalue weighted by Crippen LogP contribution is 2.48. The molecule has 1 aliphatic heterocycles. The topological polar surface area (TPSA) is 0 Å². The van der Waals surface area contributed by atoms with Crippen LogP contribution >= 0.6 is 23.5 Å². The van der Waals surface area contributed by atoms with E-state index in [-0.39, 0.29) is 0 Å². The van der Waals surface area contributed by atoms with Crippen molar-refractivity contribution in [2.75, 3.05) is 11.5 Å². The minimum Gasteiger partial charge on any atom is -0.144 e. The van der Waals surface area contributed by atoms with Crippen LogP contribution < -0.4 is 0 Å². The zero-order valence-corrected chi connectivity index (χ0v) is 12.2. The van der Waals surface area contributed by atoms with Crippen LogP contribution in [0.25, 0.3) is 0 Å². The van der Waals surface area contributed by atoms with Gasteiger partial charge in [-0.2, -0.15) is 0 Å². The molecule has 1 aliphatic rings. The van der Waals surface area contributed by atoms with Crippen molar-refractivity contribution in [1.29, 1.82) is 0 Å². The summed E-state index contributed by atoms with van der Waals surface area (Å²) in [5.74, 6) is 3.63. The molecule has 1 atom stereocenters. The molecule has 0 aromatic heterocycles. The number of hydrogen-bond acceptors (Lipinski definition) is 2. The molecule has 1 rings (SSSR count). The zero-order valence-electron chi connectivity index (χ0n) is 10.6. The summed E-state index contributed by atoms with van der Waals surface area (Å²) in [6.45, 7) is 7.21. The van der Waals surface area contributed by atoms with E-state index in [2.05, 4.69) is 44.3 Å². The van der Waals surface area contributed by atoms with E-state index in [1.807, 2.05) is 0 Å². The molecule has 90 valence electrons. The first kappa shape index (κ1) is 13.8. The molecule has 1 heterocycles. The van der Waals surface area contributed by atoms with Crippen LogP contribution in [0.2, 0.25) is 0 Å². The Morgan fingerprint density at radius 3 is 2.40 bits per heavy atom. The number of thioether (sulfide) groups is 2. The largest absolute Gasteiger partial charge is 0.144 e. The molecule has 0 spiro atoms. The first-order valence-corrected chi connectivity index (χ1v) is 8.44. The molecule has 15 heavy (non-hydrogen) atoms. The van der Waals surface area contributed by atoms with Crippen LogP contribution in [0.3, 0.4) is 0 Å². The van der Waals surface area contributed by atoms with Crippen molar-refractivity contribution in [2.45, 2.75) is 63.4 Å². The van der Waals surface area contributed by atoms with Gasteiger partial charge in [0.1, 0.15) is 0 Å². The Labute approximate surface area is 104 Å². The molecule has 0 aliphatic carbocycles. The van der Waals surface area contributed by atoms with E-state index in [1.165, 1.54) is 50.0 Å². The second kappa shape index (κ2) is 7.11. The van der Waals surface area contributed by atoms with Gasteiger partial charge in [-0.1, -0.05) is 39.5 Å². The number of rotatable bonds is 6. The summed E-state index contributed by atoms with van der Waals surface area (Å²) in [5, 5.41) is 0. The molecule has 0 amide bonds. The highest BCUT2D eigenvalue weighted by atomic mass is 32.2. The lowest BCUT2D eigenvalue weighted by Crippen LogP contribution is -2.29. The standard InChI is InChI=1S/C13H26S2/c1-4-5-6-7-9-12(2)13(3)14-10-8-11-15-13/h12H,4-11H2,1-3H3/t12-/m0/s1. The van der Waals surface area contributed by atoms with E-state index < -0.39 is 0 Å². The lowest BCUT2D eigenvalue weighted by molar-refractivity contribution is 0.465. The van der Waals surface area contributed by atoms with E-state index in [9.17, 15) is 0 Å². The van der Waals surface area contributed by atoms with Gasteiger partial charge < -0.3 is 0 Å². The molecule has 0 N–H and O–H groups in total. The molecular weight excluding hydrogens is 220 g/mol. The number of unbranched alkanes of at least 4 members (excludes halogenated alkanes) is 3. The first-order chi connectivity index (χ1) is 7.19. The smallest absolute Gasteiger partial charge is 0.0608 e. The average Bonchev–Trinajstić information content (AvgIpc) is 2.25. The fourth-order valence-electron chi connectivity index (χ4n) is 2.07. The van der Waals surface area contributed by atoms with Gasteiger partial charge in [-0.3, -0.25) is 0 Å². The second-order valence-corrected chi connectivity index (χ2v) is 8.17. The van der Waals surface area contributed by atoms with E-state index in [0.29, 0.717) is 4.08 Å². The average molecular weight is 246 g/mol. The minimum absolute atomic E-state index is 0.518. The zero-order chi connectivity index (χ0) is 11.1. The van der Waals surface area contributed by atoms with Crippen molar-refractivity contribution < 1.29 is 0 Å². The summed E-state index contributed by atoms with van der Waals surface area (Å²) in [7, 11) is 0. The fraction of sp³-hybridized carbons (Fsp3) is 1.00. The van der Waals surface area contributed by atoms with E-state index in [1.54, 1.807) is 0 Å². The highest BCUT2D eigenvalue weighted by Gasteiger charge is 2.33. The van der Waals surface area contributed by atoms with Crippen LogP contribution in [0.4, 0.5) is 0 Å². The Morgan fingerprint density at radius 2 is 1.80 bits per heavy atom. The molecule has 0 aromatic rings. The summed E-state index contributed by atoms with van der Waals surface area (Å²) in [5.41, 5.74) is 0. The molecule has 1 fully saturated rings. The maximum absolute atomic E-state index is 2.46. The Bertz CT molecular complexity index is 162. The van der Waals surface area contributed by atoms with Crippen LogP contribution in [0.15, 0.2) is 0 Å². The lowest BCUT2D eigenvalue weighted by atomic mass is 9.99. The fourth-order valence-corrected chi connectivity index (χ4v) is 5.28. The van der Waals surface area contributed by atoms with Crippen molar-refractivity contribution >= 4 is 23.5 Å². The first-order valence-electron chi connectivity index (χ1n) is 6.47. The van der Waals surface area contributed by atoms with Gasteiger partial charge in [0, 0.05) is 0 Å². The molecule has 0 aromatic carbocycles. The Kier molecular flexibility index (Phi) is 6.52. The van der Waals surface area contributed by atoms with Crippen molar-refractivity contribution in [3.63, 3.8) is 0 Å². The summed E-state index contributed by atoms with van der Waals surface area (Å²) >= 11 is 4.40. The third-order valence-electron chi connectivity index (χ3n) is 3.45. The lowest BCUT2D eigenvalue weighted by Gasteiger charge is -2.37. The Balaban J connectivity index is 2.22. The second-order valence-electron chi connectivity index (χ2n) is 4.82. The van der Waals surface area contributed by atoms with Crippen molar-refractivity contribution in [3.05, 3.63) is 0 Å². The molecular formula is C13H26S2. The predicted octanol–water partition coefficient (Wildman–Crippen LogP) is 5.18. The van der Waals surface area contributed by atoms with Gasteiger partial charge in [-0.25, -0.2) is 0 Å².